The summed E-state index contributed by atoms with van der Waals surface area (Å²) in [4.78, 5) is 17.2. The van der Waals surface area contributed by atoms with Gasteiger partial charge in [-0.2, -0.15) is 5.10 Å². The molecule has 0 radical (unpaired) electrons. The number of nitrogens with zero attached hydrogens (tertiary/aromatic N) is 4. The minimum absolute atomic E-state index is 0.323. The second-order valence-corrected chi connectivity index (χ2v) is 9.25. The van der Waals surface area contributed by atoms with E-state index < -0.39 is 0 Å². The highest BCUT2D eigenvalue weighted by atomic mass is 16.2. The molecule has 156 valence electrons. The SMILES string of the molecule is CC(C)n1cc(CN2CCC3(CCC(=O)N(CCc4ccccc4)C3)CC2)cn1. The number of rotatable bonds is 6. The van der Waals surface area contributed by atoms with Gasteiger partial charge in [-0.25, -0.2) is 0 Å². The molecule has 1 spiro atoms. The van der Waals surface area contributed by atoms with Crippen molar-refractivity contribution < 1.29 is 4.79 Å². The van der Waals surface area contributed by atoms with E-state index in [1.807, 2.05) is 16.9 Å². The highest BCUT2D eigenvalue weighted by Gasteiger charge is 2.40. The first-order valence-electron chi connectivity index (χ1n) is 11.1. The van der Waals surface area contributed by atoms with E-state index in [4.69, 9.17) is 0 Å². The van der Waals surface area contributed by atoms with E-state index in [-0.39, 0.29) is 0 Å². The molecule has 5 heteroatoms. The molecule has 29 heavy (non-hydrogen) atoms. The van der Waals surface area contributed by atoms with Gasteiger partial charge in [0.1, 0.15) is 0 Å². The van der Waals surface area contributed by atoms with Crippen LogP contribution in [0.1, 0.15) is 56.7 Å². The van der Waals surface area contributed by atoms with Gasteiger partial charge in [0.15, 0.2) is 0 Å². The van der Waals surface area contributed by atoms with E-state index in [1.165, 1.54) is 24.0 Å². The van der Waals surface area contributed by atoms with Crippen LogP contribution in [0.2, 0.25) is 0 Å². The maximum atomic E-state index is 12.5. The molecule has 1 aromatic carbocycles. The molecule has 0 unspecified atom stereocenters. The first kappa shape index (κ1) is 20.1. The number of amides is 1. The van der Waals surface area contributed by atoms with Gasteiger partial charge in [-0.15, -0.1) is 0 Å². The number of aromatic nitrogens is 2. The number of carbonyl (C=O) groups is 1. The van der Waals surface area contributed by atoms with Crippen molar-refractivity contribution >= 4 is 5.91 Å². The lowest BCUT2D eigenvalue weighted by atomic mass is 9.72. The van der Waals surface area contributed by atoms with Crippen LogP contribution in [0.4, 0.5) is 0 Å². The zero-order chi connectivity index (χ0) is 20.3. The lowest BCUT2D eigenvalue weighted by molar-refractivity contribution is -0.139. The molecule has 0 atom stereocenters. The van der Waals surface area contributed by atoms with Crippen molar-refractivity contribution in [2.45, 2.75) is 58.5 Å². The fourth-order valence-electron chi connectivity index (χ4n) is 4.81. The zero-order valence-corrected chi connectivity index (χ0v) is 17.9. The summed E-state index contributed by atoms with van der Waals surface area (Å²) in [5.74, 6) is 0.343. The van der Waals surface area contributed by atoms with Crippen molar-refractivity contribution in [2.24, 2.45) is 5.41 Å². The third kappa shape index (κ3) is 4.89. The summed E-state index contributed by atoms with van der Waals surface area (Å²) in [5.41, 5.74) is 2.94. The van der Waals surface area contributed by atoms with Crippen LogP contribution in [0.25, 0.3) is 0 Å². The molecule has 0 saturated carbocycles. The minimum atomic E-state index is 0.323. The van der Waals surface area contributed by atoms with Crippen LogP contribution in [0, 0.1) is 5.41 Å². The van der Waals surface area contributed by atoms with Crippen LogP contribution in [-0.4, -0.2) is 51.7 Å². The summed E-state index contributed by atoms with van der Waals surface area (Å²) in [6.07, 6.45) is 9.31. The van der Waals surface area contributed by atoms with Gasteiger partial charge in [0.2, 0.25) is 5.91 Å². The molecule has 2 fully saturated rings. The normalized spacial score (nSPS) is 20.0. The fourth-order valence-corrected chi connectivity index (χ4v) is 4.81. The van der Waals surface area contributed by atoms with E-state index in [2.05, 4.69) is 59.2 Å². The Morgan fingerprint density at radius 1 is 1.07 bits per heavy atom. The molecule has 4 rings (SSSR count). The summed E-state index contributed by atoms with van der Waals surface area (Å²) >= 11 is 0. The molecule has 2 aliphatic heterocycles. The third-order valence-electron chi connectivity index (χ3n) is 6.77. The quantitative estimate of drug-likeness (QED) is 0.746. The Balaban J connectivity index is 1.30. The van der Waals surface area contributed by atoms with E-state index >= 15 is 0 Å². The average molecular weight is 395 g/mol. The molecular formula is C24H34N4O. The summed E-state index contributed by atoms with van der Waals surface area (Å²) in [7, 11) is 0. The lowest BCUT2D eigenvalue weighted by Crippen LogP contribution is -2.51. The molecule has 1 amide bonds. The average Bonchev–Trinajstić information content (AvgIpc) is 3.20. The standard InChI is InChI=1S/C24H34N4O/c1-20(2)28-18-22(16-25-28)17-26-14-11-24(12-15-26)10-8-23(29)27(19-24)13-9-21-6-4-3-5-7-21/h3-7,16,18,20H,8-15,17,19H2,1-2H3. The van der Waals surface area contributed by atoms with Crippen LogP contribution in [-0.2, 0) is 17.8 Å². The predicted molar refractivity (Wildman–Crippen MR) is 116 cm³/mol. The van der Waals surface area contributed by atoms with Gasteiger partial charge in [-0.1, -0.05) is 30.3 Å². The van der Waals surface area contributed by atoms with Crippen LogP contribution in [0.3, 0.4) is 0 Å². The maximum absolute atomic E-state index is 12.5. The van der Waals surface area contributed by atoms with E-state index in [1.54, 1.807) is 0 Å². The van der Waals surface area contributed by atoms with Gasteiger partial charge >= 0.3 is 0 Å². The van der Waals surface area contributed by atoms with Crippen molar-refractivity contribution in [2.75, 3.05) is 26.2 Å². The number of piperidine rings is 2. The summed E-state index contributed by atoms with van der Waals surface area (Å²) in [5, 5.41) is 4.47. The monoisotopic (exact) mass is 394 g/mol. The molecular weight excluding hydrogens is 360 g/mol. The largest absolute Gasteiger partial charge is 0.342 e. The molecule has 2 aliphatic rings. The van der Waals surface area contributed by atoms with Crippen LogP contribution in [0.5, 0.6) is 0 Å². The molecule has 3 heterocycles. The zero-order valence-electron chi connectivity index (χ0n) is 17.9. The van der Waals surface area contributed by atoms with Crippen molar-refractivity contribution in [3.05, 3.63) is 53.9 Å². The number of hydrogen-bond acceptors (Lipinski definition) is 3. The van der Waals surface area contributed by atoms with Crippen molar-refractivity contribution in [3.63, 3.8) is 0 Å². The van der Waals surface area contributed by atoms with Crippen molar-refractivity contribution in [3.8, 4) is 0 Å². The Morgan fingerprint density at radius 2 is 1.83 bits per heavy atom. The number of likely N-dealkylation sites (tertiary alicyclic amines) is 2. The summed E-state index contributed by atoms with van der Waals surface area (Å²) in [6, 6.07) is 10.9. The topological polar surface area (TPSA) is 41.4 Å². The Labute approximate surface area is 174 Å². The van der Waals surface area contributed by atoms with Crippen molar-refractivity contribution in [1.82, 2.24) is 19.6 Å². The number of hydrogen-bond donors (Lipinski definition) is 0. The Morgan fingerprint density at radius 3 is 2.52 bits per heavy atom. The number of benzene rings is 1. The molecule has 0 aliphatic carbocycles. The summed E-state index contributed by atoms with van der Waals surface area (Å²) < 4.78 is 2.04. The molecule has 5 nitrogen and oxygen atoms in total. The van der Waals surface area contributed by atoms with Gasteiger partial charge < -0.3 is 4.90 Å². The van der Waals surface area contributed by atoms with Crippen molar-refractivity contribution in [1.29, 1.82) is 0 Å². The van der Waals surface area contributed by atoms with Gasteiger partial charge in [0, 0.05) is 43.9 Å². The number of carbonyl (C=O) groups excluding carboxylic acids is 1. The summed E-state index contributed by atoms with van der Waals surface area (Å²) in [6.45, 7) is 9.34. The highest BCUT2D eigenvalue weighted by Crippen LogP contribution is 2.40. The Kier molecular flexibility index (Phi) is 6.04. The van der Waals surface area contributed by atoms with Gasteiger partial charge in [-0.05, 0) is 63.6 Å². The van der Waals surface area contributed by atoms with Crippen LogP contribution < -0.4 is 0 Å². The smallest absolute Gasteiger partial charge is 0.222 e. The maximum Gasteiger partial charge on any atom is 0.222 e. The van der Waals surface area contributed by atoms with Gasteiger partial charge in [-0.3, -0.25) is 14.4 Å². The van der Waals surface area contributed by atoms with Gasteiger partial charge in [0.05, 0.1) is 6.20 Å². The molecule has 2 saturated heterocycles. The fraction of sp³-hybridized carbons (Fsp3) is 0.583. The van der Waals surface area contributed by atoms with Gasteiger partial charge in [0.25, 0.3) is 0 Å². The van der Waals surface area contributed by atoms with E-state index in [9.17, 15) is 4.79 Å². The molecule has 0 N–H and O–H groups in total. The molecule has 0 bridgehead atoms. The Hall–Kier alpha value is -2.14. The lowest BCUT2D eigenvalue weighted by Gasteiger charge is -2.47. The minimum Gasteiger partial charge on any atom is -0.342 e. The van der Waals surface area contributed by atoms with E-state index in [0.717, 1.165) is 52.0 Å². The third-order valence-corrected chi connectivity index (χ3v) is 6.77. The van der Waals surface area contributed by atoms with Crippen LogP contribution in [0.15, 0.2) is 42.7 Å². The first-order valence-corrected chi connectivity index (χ1v) is 11.1. The first-order chi connectivity index (χ1) is 14.0. The molecule has 1 aromatic heterocycles. The predicted octanol–water partition coefficient (Wildman–Crippen LogP) is 3.91. The second-order valence-electron chi connectivity index (χ2n) is 9.25. The van der Waals surface area contributed by atoms with Crippen LogP contribution >= 0.6 is 0 Å². The second kappa shape index (κ2) is 8.70. The Bertz CT molecular complexity index is 805. The molecule has 2 aromatic rings. The van der Waals surface area contributed by atoms with E-state index in [0.29, 0.717) is 17.4 Å². The highest BCUT2D eigenvalue weighted by molar-refractivity contribution is 5.77.